The van der Waals surface area contributed by atoms with Gasteiger partial charge in [0.2, 0.25) is 5.43 Å². The van der Waals surface area contributed by atoms with Crippen molar-refractivity contribution in [3.05, 3.63) is 67.7 Å². The lowest BCUT2D eigenvalue weighted by atomic mass is 10.1. The average molecular weight is 525 g/mol. The minimum atomic E-state index is -0.476. The van der Waals surface area contributed by atoms with Gasteiger partial charge in [-0.3, -0.25) is 9.59 Å². The van der Waals surface area contributed by atoms with E-state index in [1.807, 2.05) is 29.1 Å². The first-order valence-corrected chi connectivity index (χ1v) is 12.1. The van der Waals surface area contributed by atoms with Gasteiger partial charge in [-0.15, -0.1) is 11.3 Å². The molecule has 0 aliphatic carbocycles. The lowest BCUT2D eigenvalue weighted by Gasteiger charge is -2.14. The zero-order valence-electron chi connectivity index (χ0n) is 18.2. The molecule has 2 N–H and O–H groups in total. The molecule has 4 aromatic rings. The second kappa shape index (κ2) is 8.31. The molecule has 0 spiro atoms. The first kappa shape index (κ1) is 21.7. The molecule has 1 aliphatic heterocycles. The van der Waals surface area contributed by atoms with E-state index in [-0.39, 0.29) is 17.0 Å². The van der Waals surface area contributed by atoms with Crippen molar-refractivity contribution in [2.45, 2.75) is 19.4 Å². The molecule has 0 saturated heterocycles. The molecular weight excluding hydrogens is 504 g/mol. The minimum absolute atomic E-state index is 0.0962. The van der Waals surface area contributed by atoms with Crippen LogP contribution in [0.1, 0.15) is 28.9 Å². The number of carbonyl (C=O) groups is 1. The summed E-state index contributed by atoms with van der Waals surface area (Å²) in [6.45, 7) is 2.08. The molecular formula is C24H21BrN4O3S. The summed E-state index contributed by atoms with van der Waals surface area (Å²) in [6.07, 6.45) is 2.49. The second-order valence-corrected chi connectivity index (χ2v) is 9.72. The number of hydrogen-bond donors (Lipinski definition) is 2. The molecule has 0 unspecified atom stereocenters. The van der Waals surface area contributed by atoms with Crippen LogP contribution in [0.5, 0.6) is 5.75 Å². The number of nitrogens with one attached hydrogen (secondary N) is 2. The number of methoxy groups -OCH3 is 1. The van der Waals surface area contributed by atoms with Crippen LogP contribution in [0, 0.1) is 0 Å². The molecule has 2 aromatic heterocycles. The molecule has 1 aliphatic rings. The Morgan fingerprint density at radius 3 is 2.85 bits per heavy atom. The van der Waals surface area contributed by atoms with E-state index >= 15 is 0 Å². The lowest BCUT2D eigenvalue weighted by Crippen LogP contribution is -2.24. The number of pyridine rings is 1. The predicted octanol–water partition coefficient (Wildman–Crippen LogP) is 5.31. The highest BCUT2D eigenvalue weighted by molar-refractivity contribution is 9.10. The third-order valence-corrected chi connectivity index (χ3v) is 7.18. The minimum Gasteiger partial charge on any atom is -0.495 e. The van der Waals surface area contributed by atoms with Gasteiger partial charge < -0.3 is 19.9 Å². The van der Waals surface area contributed by atoms with Crippen LogP contribution in [0.3, 0.4) is 0 Å². The van der Waals surface area contributed by atoms with Gasteiger partial charge in [-0.2, -0.15) is 0 Å². The van der Waals surface area contributed by atoms with Crippen molar-refractivity contribution in [2.24, 2.45) is 0 Å². The maximum absolute atomic E-state index is 13.3. The number of nitrogens with zero attached hydrogens (tertiary/aromatic N) is 2. The zero-order chi connectivity index (χ0) is 23.3. The van der Waals surface area contributed by atoms with Crippen molar-refractivity contribution < 1.29 is 9.53 Å². The van der Waals surface area contributed by atoms with E-state index in [1.165, 1.54) is 11.3 Å². The van der Waals surface area contributed by atoms with Crippen LogP contribution >= 0.6 is 27.3 Å². The highest BCUT2D eigenvalue weighted by atomic mass is 79.9. The Morgan fingerprint density at radius 1 is 1.30 bits per heavy atom. The second-order valence-electron chi connectivity index (χ2n) is 7.95. The first-order valence-electron chi connectivity index (χ1n) is 10.4. The van der Waals surface area contributed by atoms with E-state index in [1.54, 1.807) is 31.5 Å². The number of hydrogen-bond acceptors (Lipinski definition) is 6. The highest BCUT2D eigenvalue weighted by Crippen LogP contribution is 2.35. The molecule has 0 radical (unpaired) electrons. The number of ether oxygens (including phenoxy) is 1. The molecule has 0 fully saturated rings. The number of halogens is 1. The number of amides is 1. The van der Waals surface area contributed by atoms with Crippen molar-refractivity contribution >= 4 is 54.9 Å². The van der Waals surface area contributed by atoms with Gasteiger partial charge in [0.25, 0.3) is 5.91 Å². The monoisotopic (exact) mass is 524 g/mol. The third kappa shape index (κ3) is 3.71. The van der Waals surface area contributed by atoms with Gasteiger partial charge in [0.05, 0.1) is 24.0 Å². The summed E-state index contributed by atoms with van der Waals surface area (Å²) in [5.41, 5.74) is 3.91. The van der Waals surface area contributed by atoms with Gasteiger partial charge in [0.1, 0.15) is 11.3 Å². The summed E-state index contributed by atoms with van der Waals surface area (Å²) in [7, 11) is 3.36. The van der Waals surface area contributed by atoms with Gasteiger partial charge in [0, 0.05) is 40.1 Å². The maximum Gasteiger partial charge on any atom is 0.261 e. The molecule has 7 nitrogen and oxygen atoms in total. The summed E-state index contributed by atoms with van der Waals surface area (Å²) in [6, 6.07) is 9.45. The number of anilines is 2. The SMILES string of the molecule is CNc1nc(-c2ccc(OC)c(NC(=O)c3cn4c5c(cc(Br)cc5c3=O)C[C@@H]4C)c2)cs1. The van der Waals surface area contributed by atoms with Gasteiger partial charge in [0.15, 0.2) is 5.13 Å². The van der Waals surface area contributed by atoms with E-state index in [0.717, 1.165) is 38.4 Å². The van der Waals surface area contributed by atoms with Crippen LogP contribution in [-0.2, 0) is 6.42 Å². The smallest absolute Gasteiger partial charge is 0.261 e. The largest absolute Gasteiger partial charge is 0.495 e. The standard InChI is InChI=1S/C24H21BrN4O3S/c1-12-6-14-7-15(25)9-16-21(14)29(12)10-17(22(16)30)23(31)27-18-8-13(4-5-20(18)32-3)19-11-33-24(26-2)28-19/h4-5,7-12H,6H2,1-3H3,(H,26,28)(H,27,31)/t12-/m0/s1. The Morgan fingerprint density at radius 2 is 2.12 bits per heavy atom. The van der Waals surface area contributed by atoms with Crippen molar-refractivity contribution in [1.82, 2.24) is 9.55 Å². The molecule has 33 heavy (non-hydrogen) atoms. The molecule has 1 amide bonds. The van der Waals surface area contributed by atoms with Crippen LogP contribution in [0.4, 0.5) is 10.8 Å². The van der Waals surface area contributed by atoms with Crippen LogP contribution in [0.15, 0.2) is 51.2 Å². The molecule has 9 heteroatoms. The fourth-order valence-electron chi connectivity index (χ4n) is 4.30. The molecule has 0 saturated carbocycles. The Kier molecular flexibility index (Phi) is 5.46. The Hall–Kier alpha value is -3.17. The quantitative estimate of drug-likeness (QED) is 0.369. The van der Waals surface area contributed by atoms with Crippen LogP contribution in [0.2, 0.25) is 0 Å². The number of thiazole rings is 1. The average Bonchev–Trinajstić information content (AvgIpc) is 3.40. The van der Waals surface area contributed by atoms with E-state index in [4.69, 9.17) is 4.74 Å². The maximum atomic E-state index is 13.3. The van der Waals surface area contributed by atoms with Crippen LogP contribution in [0.25, 0.3) is 22.2 Å². The topological polar surface area (TPSA) is 85.2 Å². The van der Waals surface area contributed by atoms with Gasteiger partial charge in [-0.05, 0) is 49.2 Å². The van der Waals surface area contributed by atoms with Crippen molar-refractivity contribution in [3.8, 4) is 17.0 Å². The molecule has 5 rings (SSSR count). The molecule has 3 heterocycles. The Bertz CT molecular complexity index is 1480. The number of aromatic nitrogens is 2. The summed E-state index contributed by atoms with van der Waals surface area (Å²) >= 11 is 4.99. The van der Waals surface area contributed by atoms with Gasteiger partial charge in [-0.1, -0.05) is 15.9 Å². The van der Waals surface area contributed by atoms with Crippen LogP contribution in [-0.4, -0.2) is 29.6 Å². The molecule has 2 aromatic carbocycles. The Labute approximate surface area is 202 Å². The van der Waals surface area contributed by atoms with E-state index in [9.17, 15) is 9.59 Å². The molecule has 168 valence electrons. The van der Waals surface area contributed by atoms with E-state index in [2.05, 4.69) is 38.5 Å². The fourth-order valence-corrected chi connectivity index (χ4v) is 5.48. The molecule has 1 atom stereocenters. The van der Waals surface area contributed by atoms with E-state index < -0.39 is 5.91 Å². The highest BCUT2D eigenvalue weighted by Gasteiger charge is 2.25. The summed E-state index contributed by atoms with van der Waals surface area (Å²) in [5, 5.41) is 9.19. The zero-order valence-corrected chi connectivity index (χ0v) is 20.6. The van der Waals surface area contributed by atoms with Gasteiger partial charge in [-0.25, -0.2) is 4.98 Å². The summed E-state index contributed by atoms with van der Waals surface area (Å²) in [4.78, 5) is 31.1. The van der Waals surface area contributed by atoms with E-state index in [0.29, 0.717) is 16.8 Å². The third-order valence-electron chi connectivity index (χ3n) is 5.87. The molecule has 0 bridgehead atoms. The summed E-state index contributed by atoms with van der Waals surface area (Å²) < 4.78 is 8.31. The van der Waals surface area contributed by atoms with Crippen LogP contribution < -0.4 is 20.8 Å². The normalized spacial score (nSPS) is 14.5. The summed E-state index contributed by atoms with van der Waals surface area (Å²) in [5.74, 6) is 0.0240. The fraction of sp³-hybridized carbons (Fsp3) is 0.208. The predicted molar refractivity (Wildman–Crippen MR) is 136 cm³/mol. The van der Waals surface area contributed by atoms with Crippen molar-refractivity contribution in [2.75, 3.05) is 24.8 Å². The number of carbonyl (C=O) groups excluding carboxylic acids is 1. The number of rotatable bonds is 5. The lowest BCUT2D eigenvalue weighted by molar-refractivity contribution is 0.102. The number of benzene rings is 2. The van der Waals surface area contributed by atoms with Crippen molar-refractivity contribution in [1.29, 1.82) is 0 Å². The Balaban J connectivity index is 1.56. The van der Waals surface area contributed by atoms with Gasteiger partial charge >= 0.3 is 0 Å². The first-order chi connectivity index (χ1) is 15.9. The van der Waals surface area contributed by atoms with Crippen molar-refractivity contribution in [3.63, 3.8) is 0 Å².